The van der Waals surface area contributed by atoms with Crippen LogP contribution in [0, 0.1) is 5.92 Å². The van der Waals surface area contributed by atoms with Gasteiger partial charge in [-0.3, -0.25) is 57.5 Å². The number of carbonyl (C=O) groups excluding carboxylic acids is 11. The fraction of sp³-hybridized carbons (Fsp3) is 0.468. The van der Waals surface area contributed by atoms with Crippen molar-refractivity contribution in [2.24, 2.45) is 17.4 Å². The van der Waals surface area contributed by atoms with E-state index in [4.69, 9.17) is 11.5 Å². The molecule has 0 radical (unpaired) electrons. The fourth-order valence-corrected chi connectivity index (χ4v) is 12.0. The van der Waals surface area contributed by atoms with Crippen LogP contribution < -0.4 is 70.0 Å². The van der Waals surface area contributed by atoms with Crippen molar-refractivity contribution in [2.75, 3.05) is 24.6 Å². The smallest absolute Gasteiger partial charge is 0.326 e. The summed E-state index contributed by atoms with van der Waals surface area (Å²) in [5.41, 5.74) is 13.5. The highest BCUT2D eigenvalue weighted by molar-refractivity contribution is 8.76. The molecule has 1 aliphatic rings. The van der Waals surface area contributed by atoms with Crippen LogP contribution in [-0.2, 0) is 81.6 Å². The van der Waals surface area contributed by atoms with Gasteiger partial charge in [0.1, 0.15) is 66.2 Å². The van der Waals surface area contributed by atoms with E-state index in [2.05, 4.69) is 63.5 Å². The normalized spacial score (nSPS) is 20.4. The van der Waals surface area contributed by atoms with Crippen molar-refractivity contribution in [1.82, 2.24) is 63.5 Å². The lowest BCUT2D eigenvalue weighted by Crippen LogP contribution is -2.62. The number of unbranched alkanes of at least 4 members (excludes halogenated alkanes) is 1. The van der Waals surface area contributed by atoms with Gasteiger partial charge in [0.25, 0.3) is 0 Å². The third-order valence-electron chi connectivity index (χ3n) is 15.0. The minimum atomic E-state index is -2.01. The number of aliphatic carboxylic acids is 2. The lowest BCUT2D eigenvalue weighted by atomic mass is 10.0. The molecule has 11 amide bonds. The molecular formula is C62H84N14O17S2. The minimum Gasteiger partial charge on any atom is -0.508 e. The molecule has 95 heavy (non-hydrogen) atoms. The predicted octanol–water partition coefficient (Wildman–Crippen LogP) is -2.65. The van der Waals surface area contributed by atoms with Crippen LogP contribution in [0.15, 0.2) is 85.1 Å². The second-order valence-electron chi connectivity index (χ2n) is 23.1. The van der Waals surface area contributed by atoms with Crippen LogP contribution in [0.3, 0.4) is 0 Å². The maximum atomic E-state index is 15.1. The second kappa shape index (κ2) is 37.5. The highest BCUT2D eigenvalue weighted by Crippen LogP contribution is 2.25. The average Bonchev–Trinajstić information content (AvgIpc) is 1.76. The molecule has 1 saturated heterocycles. The van der Waals surface area contributed by atoms with Crippen molar-refractivity contribution in [1.29, 1.82) is 0 Å². The van der Waals surface area contributed by atoms with Gasteiger partial charge in [-0.05, 0) is 87.4 Å². The van der Waals surface area contributed by atoms with E-state index in [1.165, 1.54) is 45.0 Å². The van der Waals surface area contributed by atoms with E-state index >= 15 is 14.4 Å². The summed E-state index contributed by atoms with van der Waals surface area (Å²) in [5.74, 6) is -15.7. The molecule has 12 atom stereocenters. The summed E-state index contributed by atoms with van der Waals surface area (Å²) in [6.07, 6.45) is -1.17. The zero-order valence-corrected chi connectivity index (χ0v) is 54.6. The van der Waals surface area contributed by atoms with Crippen molar-refractivity contribution in [3.63, 3.8) is 0 Å². The van der Waals surface area contributed by atoms with Gasteiger partial charge >= 0.3 is 11.9 Å². The molecule has 31 nitrogen and oxygen atoms in total. The van der Waals surface area contributed by atoms with E-state index in [9.17, 15) is 68.4 Å². The summed E-state index contributed by atoms with van der Waals surface area (Å²) in [6.45, 7) is 6.24. The molecule has 20 N–H and O–H groups in total. The zero-order valence-electron chi connectivity index (χ0n) is 52.9. The van der Waals surface area contributed by atoms with Gasteiger partial charge in [-0.25, -0.2) is 4.79 Å². The zero-order chi connectivity index (χ0) is 70.1. The summed E-state index contributed by atoms with van der Waals surface area (Å²) in [4.78, 5) is 183. The van der Waals surface area contributed by atoms with Crippen LogP contribution in [0.25, 0.3) is 10.9 Å². The summed E-state index contributed by atoms with van der Waals surface area (Å²) in [5, 5.41) is 68.8. The van der Waals surface area contributed by atoms with E-state index in [0.717, 1.165) is 35.4 Å². The third kappa shape index (κ3) is 24.5. The van der Waals surface area contributed by atoms with Crippen LogP contribution in [0.2, 0.25) is 0 Å². The SMILES string of the molecule is CC(C)[C@H](NC(=O)C1CSSCC(NC(=O)[C@H](CC(=O)O)NC(=O)[C@H](C)NC(=O)[C@@H](NC(=O)CNC(=O)[C@H](C)N)[C@@H](C)O)C(=O)N[C@@H](Cc2ccccc2)C(=O)NC(Cc2c[nH]c3ccccc23)C(=O)N[C@@H](CCCCN)C(=O)NC(Cc2ccc(O)cc2)C(=O)N1)C(=O)O. The summed E-state index contributed by atoms with van der Waals surface area (Å²) in [6, 6.07) is 3.84. The number of amides is 11. The molecule has 1 aliphatic heterocycles. The number of carboxylic acids is 2. The molecule has 1 aromatic heterocycles. The quantitative estimate of drug-likeness (QED) is 0.0214. The van der Waals surface area contributed by atoms with Crippen molar-refractivity contribution in [2.45, 2.75) is 152 Å². The monoisotopic (exact) mass is 1360 g/mol. The van der Waals surface area contributed by atoms with Crippen LogP contribution in [0.5, 0.6) is 5.75 Å². The molecule has 0 spiro atoms. The topological polar surface area (TPSA) is 503 Å². The number of carbonyl (C=O) groups is 13. The van der Waals surface area contributed by atoms with Crippen molar-refractivity contribution in [3.05, 3.63) is 102 Å². The van der Waals surface area contributed by atoms with Gasteiger partial charge < -0.3 is 95.4 Å². The first-order valence-corrected chi connectivity index (χ1v) is 33.0. The Kier molecular flexibility index (Phi) is 30.2. The number of aliphatic hydroxyl groups is 1. The number of aromatic amines is 1. The Morgan fingerprint density at radius 2 is 1.18 bits per heavy atom. The van der Waals surface area contributed by atoms with Gasteiger partial charge in [0, 0.05) is 47.9 Å². The van der Waals surface area contributed by atoms with E-state index < -0.39 is 180 Å². The van der Waals surface area contributed by atoms with Crippen LogP contribution >= 0.6 is 21.6 Å². The summed E-state index contributed by atoms with van der Waals surface area (Å²) in [7, 11) is 1.64. The standard InChI is InChI=1S/C62H84N14O17S2/c1-31(2)50(62(92)93)76-60(90)47-30-95-94-29-46(73-58(88)45(26-49(80)81)69-53(83)33(4)67-61(91)51(34(5)77)75-48(79)28-66-52(82)32(3)64)59(89)71-42(23-35-13-7-6-8-14-35)55(85)72-44(25-37-27-65-40-16-10-9-15-39(37)40)57(87)68-41(17-11-12-22-63)54(84)70-43(56(86)74-47)24-36-18-20-38(78)21-19-36/h6-10,13-16,18-21,27,31-34,41-47,50-51,65,77-78H,11-12,17,22-26,28-30,63-64H2,1-5H3,(H,66,82)(H,67,91)(H,68,87)(H,69,83)(H,70,84)(H,71,89)(H,72,85)(H,73,88)(H,74,86)(H,75,79)(H,76,90)(H,80,81)(H,92,93)/t32-,33-,34+,41-,42-,43?,44?,45-,46?,47?,50-,51-/m0/s1. The first kappa shape index (κ1) is 76.4. The molecule has 33 heteroatoms. The van der Waals surface area contributed by atoms with Crippen LogP contribution in [0.4, 0.5) is 0 Å². The van der Waals surface area contributed by atoms with Crippen LogP contribution in [-0.4, -0.2) is 199 Å². The number of rotatable bonds is 27. The largest absolute Gasteiger partial charge is 0.508 e. The van der Waals surface area contributed by atoms with Gasteiger partial charge in [-0.2, -0.15) is 0 Å². The van der Waals surface area contributed by atoms with Crippen LogP contribution in [0.1, 0.15) is 77.0 Å². The summed E-state index contributed by atoms with van der Waals surface area (Å²) < 4.78 is 0. The van der Waals surface area contributed by atoms with Crippen molar-refractivity contribution < 1.29 is 82.8 Å². The van der Waals surface area contributed by atoms with E-state index in [0.29, 0.717) is 34.0 Å². The predicted molar refractivity (Wildman–Crippen MR) is 350 cm³/mol. The van der Waals surface area contributed by atoms with E-state index in [-0.39, 0.29) is 44.4 Å². The number of benzene rings is 3. The molecule has 1 fully saturated rings. The highest BCUT2D eigenvalue weighted by atomic mass is 33.1. The molecule has 0 aliphatic carbocycles. The fourth-order valence-electron chi connectivity index (χ4n) is 9.63. The number of carboxylic acid groups (broad SMARTS) is 2. The van der Waals surface area contributed by atoms with Gasteiger partial charge in [-0.15, -0.1) is 0 Å². The Hall–Kier alpha value is -9.31. The molecule has 3 aromatic carbocycles. The maximum Gasteiger partial charge on any atom is 0.326 e. The first-order valence-electron chi connectivity index (χ1n) is 30.5. The summed E-state index contributed by atoms with van der Waals surface area (Å²) >= 11 is 0. The first-order chi connectivity index (χ1) is 45.0. The lowest BCUT2D eigenvalue weighted by Gasteiger charge is -2.29. The molecular weight excluding hydrogens is 1280 g/mol. The Bertz CT molecular complexity index is 3360. The Morgan fingerprint density at radius 3 is 1.78 bits per heavy atom. The molecule has 0 saturated carbocycles. The van der Waals surface area contributed by atoms with Crippen molar-refractivity contribution >= 4 is 109 Å². The molecule has 5 rings (SSSR count). The number of hydrogen-bond acceptors (Lipinski definition) is 19. The van der Waals surface area contributed by atoms with Gasteiger partial charge in [-0.1, -0.05) is 96.1 Å². The molecule has 4 aromatic rings. The Labute approximate surface area is 554 Å². The number of aromatic nitrogens is 1. The van der Waals surface area contributed by atoms with Gasteiger partial charge in [0.2, 0.25) is 65.0 Å². The molecule has 516 valence electrons. The number of nitrogens with two attached hydrogens (primary N) is 2. The number of phenolic OH excluding ortho intramolecular Hbond substituents is 1. The number of hydrogen-bond donors (Lipinski definition) is 18. The maximum absolute atomic E-state index is 15.1. The number of phenols is 1. The number of aromatic hydroxyl groups is 1. The number of para-hydroxylation sites is 1. The van der Waals surface area contributed by atoms with Gasteiger partial charge in [0.15, 0.2) is 0 Å². The third-order valence-corrected chi connectivity index (χ3v) is 17.4. The molecule has 2 heterocycles. The Morgan fingerprint density at radius 1 is 0.611 bits per heavy atom. The van der Waals surface area contributed by atoms with E-state index in [1.54, 1.807) is 60.8 Å². The number of H-pyrrole nitrogens is 1. The molecule has 0 bridgehead atoms. The molecule has 4 unspecified atom stereocenters. The number of fused-ring (bicyclic) bond motifs is 1. The highest BCUT2D eigenvalue weighted by Gasteiger charge is 2.38. The number of aliphatic hydroxyl groups excluding tert-OH is 1. The minimum absolute atomic E-state index is 0.0434. The lowest BCUT2D eigenvalue weighted by molar-refractivity contribution is -0.143. The van der Waals surface area contributed by atoms with Gasteiger partial charge in [0.05, 0.1) is 25.1 Å². The Balaban J connectivity index is 1.59. The number of nitrogens with one attached hydrogen (secondary N) is 12. The van der Waals surface area contributed by atoms with E-state index in [1.807, 2.05) is 0 Å². The van der Waals surface area contributed by atoms with Crippen molar-refractivity contribution in [3.8, 4) is 5.75 Å². The second-order valence-corrected chi connectivity index (χ2v) is 25.6. The average molecular weight is 1360 g/mol.